The van der Waals surface area contributed by atoms with Gasteiger partial charge in [0.25, 0.3) is 0 Å². The van der Waals surface area contributed by atoms with Gasteiger partial charge >= 0.3 is 0 Å². The van der Waals surface area contributed by atoms with E-state index in [4.69, 9.17) is 0 Å². The molecule has 3 aromatic carbocycles. The first-order valence-electron chi connectivity index (χ1n) is 8.03. The molecule has 4 bridgehead atoms. The molecule has 0 radical (unpaired) electrons. The maximum Gasteiger partial charge on any atom is -0.00135 e. The summed E-state index contributed by atoms with van der Waals surface area (Å²) < 4.78 is 0. The molecule has 0 saturated carbocycles. The molecule has 5 aliphatic carbocycles. The van der Waals surface area contributed by atoms with Crippen LogP contribution in [-0.2, 0) is 6.42 Å². The standard InChI is InChI=1S/C23H16/c1-2-16-13-15-3-5-18(6-4-15)21-12-11-20-14-22(20)23(21)19-9-7-17(16)8-10-19/h2-13H,1,14H2/b15-13?,16-13-,17-16?,21-18?,23-19?. The fraction of sp³-hybridized carbons (Fsp3) is 0.0435. The van der Waals surface area contributed by atoms with Crippen molar-refractivity contribution in [3.63, 3.8) is 0 Å². The number of allylic oxidation sites excluding steroid dienone is 2. The monoisotopic (exact) mass is 292 g/mol. The van der Waals surface area contributed by atoms with E-state index in [2.05, 4.69) is 73.3 Å². The van der Waals surface area contributed by atoms with Crippen LogP contribution in [0.2, 0.25) is 0 Å². The molecule has 5 aliphatic rings. The molecule has 0 saturated heterocycles. The molecule has 0 spiro atoms. The van der Waals surface area contributed by atoms with E-state index < -0.39 is 0 Å². The van der Waals surface area contributed by atoms with E-state index in [0.717, 1.165) is 12.0 Å². The van der Waals surface area contributed by atoms with Crippen molar-refractivity contribution in [2.24, 2.45) is 0 Å². The number of benzene rings is 3. The second kappa shape index (κ2) is 4.57. The normalized spacial score (nSPS) is 15.7. The van der Waals surface area contributed by atoms with E-state index in [1.54, 1.807) is 0 Å². The second-order valence-electron chi connectivity index (χ2n) is 6.31. The fourth-order valence-electron chi connectivity index (χ4n) is 3.58. The Morgan fingerprint density at radius 3 is 2.17 bits per heavy atom. The van der Waals surface area contributed by atoms with Crippen LogP contribution in [0.15, 0.2) is 73.3 Å². The molecule has 0 nitrogen and oxygen atoms in total. The zero-order valence-corrected chi connectivity index (χ0v) is 12.8. The van der Waals surface area contributed by atoms with Crippen LogP contribution >= 0.6 is 0 Å². The topological polar surface area (TPSA) is 0 Å². The summed E-state index contributed by atoms with van der Waals surface area (Å²) in [5.41, 5.74) is 11.9. The Morgan fingerprint density at radius 2 is 1.43 bits per heavy atom. The van der Waals surface area contributed by atoms with Gasteiger partial charge in [-0.25, -0.2) is 0 Å². The third kappa shape index (κ3) is 1.92. The van der Waals surface area contributed by atoms with Crippen LogP contribution in [0.3, 0.4) is 0 Å². The van der Waals surface area contributed by atoms with Crippen molar-refractivity contribution in [1.82, 2.24) is 0 Å². The van der Waals surface area contributed by atoms with E-state index in [1.807, 2.05) is 6.08 Å². The van der Waals surface area contributed by atoms with Gasteiger partial charge in [-0.05, 0) is 62.6 Å². The fourth-order valence-corrected chi connectivity index (χ4v) is 3.58. The van der Waals surface area contributed by atoms with Crippen LogP contribution in [0.4, 0.5) is 0 Å². The molecule has 8 rings (SSSR count). The van der Waals surface area contributed by atoms with Crippen molar-refractivity contribution in [2.75, 3.05) is 0 Å². The number of fused-ring (bicyclic) bond motifs is 1. The van der Waals surface area contributed by atoms with Crippen molar-refractivity contribution in [2.45, 2.75) is 6.42 Å². The first-order chi connectivity index (χ1) is 11.3. The van der Waals surface area contributed by atoms with Crippen molar-refractivity contribution in [3.8, 4) is 22.3 Å². The van der Waals surface area contributed by atoms with Gasteiger partial charge < -0.3 is 0 Å². The highest BCUT2D eigenvalue weighted by Gasteiger charge is 2.25. The van der Waals surface area contributed by atoms with E-state index in [-0.39, 0.29) is 0 Å². The quantitative estimate of drug-likeness (QED) is 0.406. The summed E-state index contributed by atoms with van der Waals surface area (Å²) in [7, 11) is 0. The van der Waals surface area contributed by atoms with E-state index in [9.17, 15) is 0 Å². The number of hydrogen-bond acceptors (Lipinski definition) is 0. The summed E-state index contributed by atoms with van der Waals surface area (Å²) in [4.78, 5) is 0. The number of hydrogen-bond donors (Lipinski definition) is 0. The molecule has 0 aliphatic heterocycles. The first-order valence-corrected chi connectivity index (χ1v) is 8.03. The summed E-state index contributed by atoms with van der Waals surface area (Å²) >= 11 is 0. The van der Waals surface area contributed by atoms with Gasteiger partial charge in [0.2, 0.25) is 0 Å². The maximum atomic E-state index is 3.98. The van der Waals surface area contributed by atoms with Crippen LogP contribution in [0.5, 0.6) is 0 Å². The van der Waals surface area contributed by atoms with Gasteiger partial charge in [0, 0.05) is 0 Å². The van der Waals surface area contributed by atoms with Gasteiger partial charge in [-0.2, -0.15) is 0 Å². The lowest BCUT2D eigenvalue weighted by Gasteiger charge is -2.13. The van der Waals surface area contributed by atoms with E-state index in [1.165, 1.54) is 44.5 Å². The molecule has 0 heteroatoms. The van der Waals surface area contributed by atoms with Gasteiger partial charge in [0.15, 0.2) is 0 Å². The smallest absolute Gasteiger partial charge is 0.00135 e. The van der Waals surface area contributed by atoms with Gasteiger partial charge in [-0.3, -0.25) is 0 Å². The van der Waals surface area contributed by atoms with Crippen molar-refractivity contribution >= 4 is 11.6 Å². The predicted molar refractivity (Wildman–Crippen MR) is 98.2 cm³/mol. The minimum Gasteiger partial charge on any atom is -0.0984 e. The molecule has 0 N–H and O–H groups in total. The lowest BCUT2D eigenvalue weighted by Crippen LogP contribution is -1.89. The Morgan fingerprint density at radius 1 is 0.739 bits per heavy atom. The van der Waals surface area contributed by atoms with Crippen LogP contribution in [-0.4, -0.2) is 0 Å². The number of rotatable bonds is 1. The summed E-state index contributed by atoms with van der Waals surface area (Å²) in [5, 5.41) is 0. The largest absolute Gasteiger partial charge is 0.0984 e. The van der Waals surface area contributed by atoms with Gasteiger partial charge in [0.05, 0.1) is 0 Å². The molecule has 23 heavy (non-hydrogen) atoms. The SMILES string of the molecule is C=C/C1=C/c2ccc(cc2)-c2ccc3c(c2-c2ccc1cc2)C3. The minimum atomic E-state index is 1.13. The van der Waals surface area contributed by atoms with Crippen molar-refractivity contribution in [3.05, 3.63) is 95.6 Å². The molecule has 0 amide bonds. The predicted octanol–water partition coefficient (Wildman–Crippen LogP) is 5.96. The van der Waals surface area contributed by atoms with Crippen LogP contribution < -0.4 is 0 Å². The molecular formula is C23H16. The molecule has 0 aromatic heterocycles. The summed E-state index contributed by atoms with van der Waals surface area (Å²) in [6.45, 7) is 3.98. The molecule has 0 heterocycles. The van der Waals surface area contributed by atoms with Crippen LogP contribution in [0.1, 0.15) is 22.3 Å². The maximum absolute atomic E-state index is 3.98. The van der Waals surface area contributed by atoms with Gasteiger partial charge in [0.1, 0.15) is 0 Å². The van der Waals surface area contributed by atoms with Crippen LogP contribution in [0.25, 0.3) is 33.9 Å². The lowest BCUT2D eigenvalue weighted by atomic mass is 9.91. The first kappa shape index (κ1) is 12.7. The lowest BCUT2D eigenvalue weighted by molar-refractivity contribution is 1.54. The Kier molecular flexibility index (Phi) is 2.51. The second-order valence-corrected chi connectivity index (χ2v) is 6.31. The van der Waals surface area contributed by atoms with E-state index in [0.29, 0.717) is 0 Å². The zero-order valence-electron chi connectivity index (χ0n) is 12.8. The third-order valence-electron chi connectivity index (χ3n) is 4.92. The zero-order chi connectivity index (χ0) is 15.4. The molecule has 0 unspecified atom stereocenters. The molecular weight excluding hydrogens is 276 g/mol. The highest BCUT2D eigenvalue weighted by Crippen LogP contribution is 2.44. The Labute approximate surface area is 136 Å². The molecule has 0 atom stereocenters. The summed E-state index contributed by atoms with van der Waals surface area (Å²) in [6.07, 6.45) is 5.26. The van der Waals surface area contributed by atoms with Gasteiger partial charge in [-0.15, -0.1) is 0 Å². The van der Waals surface area contributed by atoms with Gasteiger partial charge in [-0.1, -0.05) is 73.3 Å². The van der Waals surface area contributed by atoms with E-state index >= 15 is 0 Å². The van der Waals surface area contributed by atoms with Crippen molar-refractivity contribution < 1.29 is 0 Å². The Hall–Kier alpha value is -2.86. The highest BCUT2D eigenvalue weighted by atomic mass is 14.3. The van der Waals surface area contributed by atoms with Crippen LogP contribution in [0, 0.1) is 0 Å². The summed E-state index contributed by atoms with van der Waals surface area (Å²) in [5.74, 6) is 0. The highest BCUT2D eigenvalue weighted by molar-refractivity contribution is 5.93. The minimum absolute atomic E-state index is 1.13. The average Bonchev–Trinajstić information content (AvgIpc) is 3.38. The molecule has 3 aromatic rings. The van der Waals surface area contributed by atoms with Crippen molar-refractivity contribution in [1.29, 1.82) is 0 Å². The Bertz CT molecular complexity index is 968. The summed E-state index contributed by atoms with van der Waals surface area (Å²) in [6, 6.07) is 22.3. The Balaban J connectivity index is 1.87. The molecule has 0 fully saturated rings. The third-order valence-corrected chi connectivity index (χ3v) is 4.92. The average molecular weight is 292 g/mol. The molecule has 108 valence electrons.